The smallest absolute Gasteiger partial charge is 0.329 e. The first kappa shape index (κ1) is 62.8. The molecule has 0 saturated carbocycles. The molecule has 0 bridgehead atoms. The largest absolute Gasteiger partial charge is 0.480 e. The zero-order valence-electron chi connectivity index (χ0n) is 40.1. The van der Waals surface area contributed by atoms with E-state index in [-0.39, 0.29) is 30.7 Å². The van der Waals surface area contributed by atoms with Crippen LogP contribution in [0.25, 0.3) is 0 Å². The lowest BCUT2D eigenvalue weighted by Gasteiger charge is -2.10. The van der Waals surface area contributed by atoms with Crippen LogP contribution in [0.3, 0.4) is 0 Å². The number of halogens is 1. The van der Waals surface area contributed by atoms with E-state index in [2.05, 4.69) is 62.4 Å². The van der Waals surface area contributed by atoms with E-state index in [1.165, 1.54) is 82.7 Å². The first-order valence-electron chi connectivity index (χ1n) is 23.1. The summed E-state index contributed by atoms with van der Waals surface area (Å²) in [6.45, 7) is 15.5. The van der Waals surface area contributed by atoms with E-state index >= 15 is 0 Å². The van der Waals surface area contributed by atoms with E-state index in [9.17, 15) is 23.6 Å². The Balaban J connectivity index is 0. The summed E-state index contributed by atoms with van der Waals surface area (Å²) in [6, 6.07) is 13.8. The van der Waals surface area contributed by atoms with Gasteiger partial charge in [-0.1, -0.05) is 83.8 Å². The number of benzene rings is 2. The zero-order chi connectivity index (χ0) is 49.5. The molecule has 1 aromatic heterocycles. The van der Waals surface area contributed by atoms with Crippen LogP contribution in [-0.2, 0) is 46.3 Å². The first-order chi connectivity index (χ1) is 32.1. The summed E-state index contributed by atoms with van der Waals surface area (Å²) < 4.78 is 24.3. The number of amides is 1. The molecule has 3 rings (SSSR count). The van der Waals surface area contributed by atoms with Gasteiger partial charge in [0, 0.05) is 63.0 Å². The molecule has 16 heteroatoms. The average Bonchev–Trinajstić information content (AvgIpc) is 3.33. The van der Waals surface area contributed by atoms with Gasteiger partial charge in [-0.2, -0.15) is 0 Å². The SMILES string of the molecule is C=O.C=O.CC(=O)c1cnc(C)nc1.CCCOCCNCC(=O)NCCNCCOCC(=O)O.CCc1ccc(Nc2ccc(F)c(CCCCCCCCCCCCCC=O)c2)cc1. The van der Waals surface area contributed by atoms with Gasteiger partial charge in [-0.15, -0.1) is 0 Å². The number of aryl methyl sites for hydroxylation is 3. The van der Waals surface area contributed by atoms with Gasteiger partial charge in [0.25, 0.3) is 0 Å². The van der Waals surface area contributed by atoms with Crippen molar-refractivity contribution in [1.29, 1.82) is 0 Å². The number of rotatable bonds is 33. The van der Waals surface area contributed by atoms with Gasteiger partial charge in [0.1, 0.15) is 38.1 Å². The van der Waals surface area contributed by atoms with Crippen LogP contribution in [0, 0.1) is 12.7 Å². The number of ether oxygens (including phenoxy) is 2. The van der Waals surface area contributed by atoms with Crippen LogP contribution in [0.4, 0.5) is 15.8 Å². The van der Waals surface area contributed by atoms with E-state index in [0.717, 1.165) is 68.4 Å². The molecule has 3 aromatic rings. The molecule has 0 fully saturated rings. The van der Waals surface area contributed by atoms with Crippen molar-refractivity contribution in [3.8, 4) is 0 Å². The molecule has 1 amide bonds. The maximum absolute atomic E-state index is 14.2. The zero-order valence-corrected chi connectivity index (χ0v) is 40.1. The lowest BCUT2D eigenvalue weighted by Crippen LogP contribution is -2.39. The number of carboxylic acids is 1. The van der Waals surface area contributed by atoms with E-state index in [4.69, 9.17) is 24.2 Å². The van der Waals surface area contributed by atoms with Crippen LogP contribution in [-0.4, -0.2) is 112 Å². The van der Waals surface area contributed by atoms with Crippen molar-refractivity contribution < 1.29 is 47.7 Å². The highest BCUT2D eigenvalue weighted by atomic mass is 19.1. The number of carbonyl (C=O) groups excluding carboxylic acids is 5. The Morgan fingerprint density at radius 2 is 1.29 bits per heavy atom. The maximum Gasteiger partial charge on any atom is 0.329 e. The summed E-state index contributed by atoms with van der Waals surface area (Å²) in [6.07, 6.45) is 21.1. The molecular formula is C50H79FN6O9. The van der Waals surface area contributed by atoms with Crippen LogP contribution in [0.2, 0.25) is 0 Å². The quantitative estimate of drug-likeness (QED) is 0.0223. The van der Waals surface area contributed by atoms with Gasteiger partial charge in [-0.3, -0.25) is 9.59 Å². The van der Waals surface area contributed by atoms with Gasteiger partial charge in [0.2, 0.25) is 5.91 Å². The molecule has 0 saturated heterocycles. The fourth-order valence-electron chi connectivity index (χ4n) is 5.92. The number of Topliss-reactive ketones (excluding diaryl/α,β-unsaturated/α-hetero) is 1. The number of aldehydes is 1. The number of carbonyl (C=O) groups is 6. The summed E-state index contributed by atoms with van der Waals surface area (Å²) in [5.74, 6) is -0.450. The van der Waals surface area contributed by atoms with Crippen molar-refractivity contribution in [2.45, 2.75) is 124 Å². The summed E-state index contributed by atoms with van der Waals surface area (Å²) >= 11 is 0. The van der Waals surface area contributed by atoms with Crippen LogP contribution >= 0.6 is 0 Å². The molecule has 0 atom stereocenters. The summed E-state index contributed by atoms with van der Waals surface area (Å²) in [7, 11) is 0. The van der Waals surface area contributed by atoms with E-state index in [0.29, 0.717) is 50.8 Å². The number of aromatic nitrogens is 2. The predicted octanol–water partition coefficient (Wildman–Crippen LogP) is 7.98. The highest BCUT2D eigenvalue weighted by molar-refractivity contribution is 5.93. The standard InChI is InChI=1S/C28H40FNO.C13H27N3O5.C7H8N2O.2CH2O/c1-2-24-16-18-26(19-17-24)30-27-20-21-28(29)25(23-27)15-13-11-9-7-5-3-4-6-8-10-12-14-22-31;1-2-7-20-8-6-15-10-12(17)16-4-3-14-5-9-21-11-13(18)19;1-5(10)7-3-8-6(2)9-4-7;2*1-2/h16-23,30H,2-15H2,1H3;14-15H,2-11H2,1H3,(H,16,17)(H,18,19);3-4H,1-2H3;2*1H2. The second-order valence-corrected chi connectivity index (χ2v) is 15.0. The van der Waals surface area contributed by atoms with Crippen LogP contribution < -0.4 is 21.3 Å². The highest BCUT2D eigenvalue weighted by Crippen LogP contribution is 2.22. The van der Waals surface area contributed by atoms with Crippen molar-refractivity contribution in [3.63, 3.8) is 0 Å². The third-order valence-electron chi connectivity index (χ3n) is 9.48. The van der Waals surface area contributed by atoms with E-state index in [1.807, 2.05) is 32.6 Å². The Labute approximate surface area is 393 Å². The third kappa shape index (κ3) is 38.0. The number of ketones is 1. The predicted molar refractivity (Wildman–Crippen MR) is 260 cm³/mol. The molecule has 370 valence electrons. The van der Waals surface area contributed by atoms with Crippen molar-refractivity contribution in [2.24, 2.45) is 0 Å². The van der Waals surface area contributed by atoms with Crippen molar-refractivity contribution >= 4 is 48.9 Å². The number of nitrogens with zero attached hydrogens (tertiary/aromatic N) is 2. The fourth-order valence-corrected chi connectivity index (χ4v) is 5.92. The molecule has 66 heavy (non-hydrogen) atoms. The number of hydrogen-bond acceptors (Lipinski definition) is 13. The van der Waals surface area contributed by atoms with Crippen molar-refractivity contribution in [3.05, 3.63) is 83.2 Å². The maximum atomic E-state index is 14.2. The molecule has 0 aliphatic rings. The summed E-state index contributed by atoms with van der Waals surface area (Å²) in [4.78, 5) is 66.2. The number of carboxylic acid groups (broad SMARTS) is 1. The second-order valence-electron chi connectivity index (χ2n) is 15.0. The number of unbranched alkanes of at least 4 members (excludes halogenated alkanes) is 11. The average molecular weight is 927 g/mol. The van der Waals surface area contributed by atoms with Gasteiger partial charge < -0.3 is 50.2 Å². The van der Waals surface area contributed by atoms with Crippen LogP contribution in [0.1, 0.15) is 132 Å². The van der Waals surface area contributed by atoms with E-state index < -0.39 is 5.97 Å². The minimum absolute atomic E-state index is 0.000000000000000444. The van der Waals surface area contributed by atoms with Crippen molar-refractivity contribution in [2.75, 3.05) is 64.5 Å². The minimum atomic E-state index is -0.977. The number of aliphatic carboxylic acids is 1. The number of hydrogen-bond donors (Lipinski definition) is 5. The Morgan fingerprint density at radius 1 is 0.727 bits per heavy atom. The summed E-state index contributed by atoms with van der Waals surface area (Å²) in [5.41, 5.74) is 4.68. The Hall–Kier alpha value is -5.29. The third-order valence-corrected chi connectivity index (χ3v) is 9.48. The topological polar surface area (TPSA) is 215 Å². The van der Waals surface area contributed by atoms with Gasteiger partial charge in [0.05, 0.1) is 25.3 Å². The summed E-state index contributed by atoms with van der Waals surface area (Å²) in [5, 5.41) is 20.5. The lowest BCUT2D eigenvalue weighted by atomic mass is 10.0. The van der Waals surface area contributed by atoms with Gasteiger partial charge in [-0.25, -0.2) is 19.2 Å². The number of anilines is 2. The molecule has 0 aliphatic heterocycles. The molecule has 2 aromatic carbocycles. The minimum Gasteiger partial charge on any atom is -0.480 e. The molecule has 0 aliphatic carbocycles. The Kier molecular flexibility index (Phi) is 44.0. The van der Waals surface area contributed by atoms with Crippen LogP contribution in [0.15, 0.2) is 54.9 Å². The molecule has 5 N–H and O–H groups in total. The fraction of sp³-hybridized carbons (Fsp3) is 0.560. The van der Waals surface area contributed by atoms with Gasteiger partial charge in [-0.05, 0) is 87.4 Å². The Morgan fingerprint density at radius 3 is 1.85 bits per heavy atom. The highest BCUT2D eigenvalue weighted by Gasteiger charge is 2.06. The number of nitrogens with one attached hydrogen (secondary N) is 4. The second kappa shape index (κ2) is 46.2. The normalized spacial score (nSPS) is 10.0. The molecule has 15 nitrogen and oxygen atoms in total. The molecule has 1 heterocycles. The monoisotopic (exact) mass is 927 g/mol. The molecular weight excluding hydrogens is 848 g/mol. The van der Waals surface area contributed by atoms with Gasteiger partial charge >= 0.3 is 5.97 Å². The van der Waals surface area contributed by atoms with Crippen LogP contribution in [0.5, 0.6) is 0 Å². The van der Waals surface area contributed by atoms with Crippen molar-refractivity contribution in [1.82, 2.24) is 25.9 Å². The molecule has 0 unspecified atom stereocenters. The molecule has 0 spiro atoms. The molecule has 0 radical (unpaired) electrons. The first-order valence-corrected chi connectivity index (χ1v) is 23.1. The van der Waals surface area contributed by atoms with Gasteiger partial charge in [0.15, 0.2) is 5.78 Å². The van der Waals surface area contributed by atoms with E-state index in [1.54, 1.807) is 13.0 Å². The lowest BCUT2D eigenvalue weighted by molar-refractivity contribution is -0.142. The Bertz CT molecular complexity index is 1650.